The predicted molar refractivity (Wildman–Crippen MR) is 109 cm³/mol. The van der Waals surface area contributed by atoms with Crippen molar-refractivity contribution in [1.82, 2.24) is 10.3 Å². The molecule has 0 bridgehead atoms. The molecule has 0 spiro atoms. The van der Waals surface area contributed by atoms with Crippen molar-refractivity contribution in [2.75, 3.05) is 18.9 Å². The highest BCUT2D eigenvalue weighted by molar-refractivity contribution is 7.91. The number of amides is 1. The Hall–Kier alpha value is -3.13. The van der Waals surface area contributed by atoms with Gasteiger partial charge in [0.25, 0.3) is 5.91 Å². The molecular weight excluding hydrogens is 392 g/mol. The summed E-state index contributed by atoms with van der Waals surface area (Å²) in [5, 5.41) is 3.80. The fraction of sp³-hybridized carbons (Fsp3) is 0.238. The maximum absolute atomic E-state index is 12.1. The molecule has 0 atom stereocenters. The highest BCUT2D eigenvalue weighted by atomic mass is 32.2. The van der Waals surface area contributed by atoms with Crippen molar-refractivity contribution in [2.45, 2.75) is 17.7 Å². The van der Waals surface area contributed by atoms with Crippen LogP contribution in [0, 0.1) is 0 Å². The third-order valence-electron chi connectivity index (χ3n) is 4.43. The van der Waals surface area contributed by atoms with Crippen LogP contribution in [0.1, 0.15) is 12.0 Å². The molecule has 2 aromatic carbocycles. The molecule has 152 valence electrons. The molecule has 3 rings (SSSR count). The lowest BCUT2D eigenvalue weighted by atomic mass is 10.1. The zero-order chi connectivity index (χ0) is 20.7. The second kappa shape index (κ2) is 9.38. The normalized spacial score (nSPS) is 11.3. The average molecular weight is 414 g/mol. The van der Waals surface area contributed by atoms with Gasteiger partial charge in [0, 0.05) is 23.6 Å². The average Bonchev–Trinajstić information content (AvgIpc) is 3.15. The van der Waals surface area contributed by atoms with Crippen molar-refractivity contribution < 1.29 is 22.7 Å². The first-order chi connectivity index (χ1) is 14.0. The van der Waals surface area contributed by atoms with Crippen molar-refractivity contribution in [2.24, 2.45) is 0 Å². The van der Waals surface area contributed by atoms with Crippen molar-refractivity contribution in [3.05, 3.63) is 66.4 Å². The molecule has 2 N–H and O–H groups in total. The minimum absolute atomic E-state index is 0.155. The molecule has 8 heteroatoms. The van der Waals surface area contributed by atoms with E-state index in [2.05, 4.69) is 10.3 Å². The van der Waals surface area contributed by atoms with E-state index in [1.165, 1.54) is 12.1 Å². The maximum Gasteiger partial charge on any atom is 0.307 e. The highest BCUT2D eigenvalue weighted by Crippen LogP contribution is 2.17. The summed E-state index contributed by atoms with van der Waals surface area (Å²) in [6, 6.07) is 15.8. The van der Waals surface area contributed by atoms with Crippen molar-refractivity contribution in [3.8, 4) is 0 Å². The molecule has 0 saturated carbocycles. The Morgan fingerprint density at radius 1 is 1.00 bits per heavy atom. The monoisotopic (exact) mass is 414 g/mol. The Labute approximate surface area is 169 Å². The quantitative estimate of drug-likeness (QED) is 0.523. The molecular formula is C21H22N2O5S. The number of rotatable bonds is 9. The van der Waals surface area contributed by atoms with Crippen LogP contribution in [0.2, 0.25) is 0 Å². The number of benzene rings is 2. The molecule has 7 nitrogen and oxygen atoms in total. The molecule has 0 saturated heterocycles. The van der Waals surface area contributed by atoms with Gasteiger partial charge in [0.15, 0.2) is 16.4 Å². The zero-order valence-electron chi connectivity index (χ0n) is 15.8. The van der Waals surface area contributed by atoms with E-state index in [0.29, 0.717) is 13.0 Å². The third kappa shape index (κ3) is 5.68. The van der Waals surface area contributed by atoms with Crippen LogP contribution >= 0.6 is 0 Å². The summed E-state index contributed by atoms with van der Waals surface area (Å²) in [7, 11) is -3.56. The standard InChI is InChI=1S/C21H22N2O5S/c24-20(22-12-10-16-14-23-19-9-5-4-8-18(16)19)15-28-21(25)11-13-29(26,27)17-6-2-1-3-7-17/h1-9,14,23H,10-13,15H2,(H,22,24). The minimum atomic E-state index is -3.56. The molecule has 1 aromatic heterocycles. The van der Waals surface area contributed by atoms with E-state index in [1.807, 2.05) is 30.5 Å². The van der Waals surface area contributed by atoms with E-state index >= 15 is 0 Å². The Balaban J connectivity index is 1.37. The maximum atomic E-state index is 12.1. The van der Waals surface area contributed by atoms with Gasteiger partial charge in [-0.15, -0.1) is 0 Å². The van der Waals surface area contributed by atoms with Crippen LogP contribution < -0.4 is 5.32 Å². The summed E-state index contributed by atoms with van der Waals surface area (Å²) < 4.78 is 29.1. The summed E-state index contributed by atoms with van der Waals surface area (Å²) >= 11 is 0. The summed E-state index contributed by atoms with van der Waals surface area (Å²) in [5.41, 5.74) is 2.12. The Bertz CT molecular complexity index is 1090. The Kier molecular flexibility index (Phi) is 6.66. The van der Waals surface area contributed by atoms with Gasteiger partial charge in [-0.3, -0.25) is 9.59 Å². The number of aromatic nitrogens is 1. The number of carbonyl (C=O) groups excluding carboxylic acids is 2. The zero-order valence-corrected chi connectivity index (χ0v) is 16.6. The predicted octanol–water partition coefficient (Wildman–Crippen LogP) is 2.23. The van der Waals surface area contributed by atoms with Crippen LogP contribution in [-0.2, 0) is 30.6 Å². The van der Waals surface area contributed by atoms with E-state index in [4.69, 9.17) is 4.74 Å². The fourth-order valence-electron chi connectivity index (χ4n) is 2.91. The van der Waals surface area contributed by atoms with E-state index in [1.54, 1.807) is 18.2 Å². The summed E-state index contributed by atoms with van der Waals surface area (Å²) in [5.74, 6) is -1.52. The van der Waals surface area contributed by atoms with Gasteiger partial charge in [-0.25, -0.2) is 8.42 Å². The number of nitrogens with one attached hydrogen (secondary N) is 2. The van der Waals surface area contributed by atoms with Gasteiger partial charge in [0.05, 0.1) is 17.1 Å². The van der Waals surface area contributed by atoms with Gasteiger partial charge in [0.2, 0.25) is 0 Å². The van der Waals surface area contributed by atoms with Gasteiger partial charge < -0.3 is 15.0 Å². The Morgan fingerprint density at radius 3 is 2.52 bits per heavy atom. The first kappa shape index (κ1) is 20.6. The van der Waals surface area contributed by atoms with E-state index in [0.717, 1.165) is 16.5 Å². The van der Waals surface area contributed by atoms with Gasteiger partial charge in [0.1, 0.15) is 0 Å². The number of hydrogen-bond acceptors (Lipinski definition) is 5. The van der Waals surface area contributed by atoms with Crippen LogP contribution in [0.3, 0.4) is 0 Å². The molecule has 1 heterocycles. The number of para-hydroxylation sites is 1. The fourth-order valence-corrected chi connectivity index (χ4v) is 4.15. The van der Waals surface area contributed by atoms with E-state index in [9.17, 15) is 18.0 Å². The van der Waals surface area contributed by atoms with Crippen LogP contribution in [-0.4, -0.2) is 44.2 Å². The summed E-state index contributed by atoms with van der Waals surface area (Å²) in [4.78, 5) is 26.9. The van der Waals surface area contributed by atoms with Crippen molar-refractivity contribution in [1.29, 1.82) is 0 Å². The number of sulfone groups is 1. The first-order valence-corrected chi connectivity index (χ1v) is 10.9. The highest BCUT2D eigenvalue weighted by Gasteiger charge is 2.17. The molecule has 0 radical (unpaired) electrons. The number of ether oxygens (including phenoxy) is 1. The molecule has 0 unspecified atom stereocenters. The molecule has 3 aromatic rings. The summed E-state index contributed by atoms with van der Waals surface area (Å²) in [6.07, 6.45) is 2.24. The van der Waals surface area contributed by atoms with Crippen LogP contribution in [0.5, 0.6) is 0 Å². The van der Waals surface area contributed by atoms with Gasteiger partial charge in [-0.05, 0) is 30.2 Å². The summed E-state index contributed by atoms with van der Waals surface area (Å²) in [6.45, 7) is -0.0290. The number of carbonyl (C=O) groups is 2. The second-order valence-corrected chi connectivity index (χ2v) is 8.61. The molecule has 0 aliphatic carbocycles. The molecule has 1 amide bonds. The van der Waals surface area contributed by atoms with E-state index < -0.39 is 28.3 Å². The van der Waals surface area contributed by atoms with Crippen molar-refractivity contribution in [3.63, 3.8) is 0 Å². The van der Waals surface area contributed by atoms with Crippen molar-refractivity contribution >= 4 is 32.6 Å². The SMILES string of the molecule is O=C(COC(=O)CCS(=O)(=O)c1ccccc1)NCCc1c[nH]c2ccccc12. The van der Waals surface area contributed by atoms with Crippen LogP contribution in [0.25, 0.3) is 10.9 Å². The largest absolute Gasteiger partial charge is 0.456 e. The smallest absolute Gasteiger partial charge is 0.307 e. The Morgan fingerprint density at radius 2 is 1.72 bits per heavy atom. The van der Waals surface area contributed by atoms with E-state index in [-0.39, 0.29) is 17.1 Å². The first-order valence-electron chi connectivity index (χ1n) is 9.21. The molecule has 29 heavy (non-hydrogen) atoms. The van der Waals surface area contributed by atoms with Gasteiger partial charge >= 0.3 is 5.97 Å². The number of fused-ring (bicyclic) bond motifs is 1. The van der Waals surface area contributed by atoms with Crippen LogP contribution in [0.4, 0.5) is 0 Å². The number of H-pyrrole nitrogens is 1. The number of aromatic amines is 1. The molecule has 0 fully saturated rings. The third-order valence-corrected chi connectivity index (χ3v) is 6.16. The number of hydrogen-bond donors (Lipinski definition) is 2. The lowest BCUT2D eigenvalue weighted by molar-refractivity contribution is -0.148. The number of esters is 1. The van der Waals surface area contributed by atoms with Gasteiger partial charge in [-0.1, -0.05) is 36.4 Å². The minimum Gasteiger partial charge on any atom is -0.456 e. The van der Waals surface area contributed by atoms with Gasteiger partial charge in [-0.2, -0.15) is 0 Å². The lowest BCUT2D eigenvalue weighted by Crippen LogP contribution is -2.30. The second-order valence-electron chi connectivity index (χ2n) is 6.50. The molecule has 0 aliphatic rings. The molecule has 0 aliphatic heterocycles. The topological polar surface area (TPSA) is 105 Å². The lowest BCUT2D eigenvalue weighted by Gasteiger charge is -2.07. The van der Waals surface area contributed by atoms with Crippen LogP contribution in [0.15, 0.2) is 65.7 Å².